The van der Waals surface area contributed by atoms with Crippen LogP contribution < -0.4 is 11.3 Å². The molecule has 4 rings (SSSR count). The minimum Gasteiger partial charge on any atom is -0.477 e. The van der Waals surface area contributed by atoms with E-state index in [2.05, 4.69) is 0 Å². The summed E-state index contributed by atoms with van der Waals surface area (Å²) < 4.78 is 62.7. The molecule has 0 atom stereocenters. The van der Waals surface area contributed by atoms with Gasteiger partial charge in [0.05, 0.1) is 34.9 Å². The number of carbonyl (C=O) groups is 3. The lowest BCUT2D eigenvalue weighted by atomic mass is 10.1. The number of hydrogen-bond donors (Lipinski definition) is 2. The fraction of sp³-hybridized carbons (Fsp3) is 0.259. The number of nitrogens with two attached hydrogens (primary N) is 1. The largest absolute Gasteiger partial charge is 0.477 e. The first-order chi connectivity index (χ1) is 19.6. The van der Waals surface area contributed by atoms with Gasteiger partial charge in [-0.05, 0) is 61.9 Å². The lowest BCUT2D eigenvalue weighted by Gasteiger charge is -2.19. The summed E-state index contributed by atoms with van der Waals surface area (Å²) >= 11 is 0. The number of nitrogens with zero attached hydrogens (tertiary/aromatic N) is 2. The number of hydroxylamine groups is 2. The summed E-state index contributed by atoms with van der Waals surface area (Å²) in [4.78, 5) is 52.9. The highest BCUT2D eigenvalue weighted by Crippen LogP contribution is 2.30. The summed E-state index contributed by atoms with van der Waals surface area (Å²) in [7, 11) is -3.19. The Balaban J connectivity index is 0.000000291. The SMILES string of the molecule is CCS(=O)(=O)c1ccc(C(N)=O)cc1.Cc1c(C(=O)N2CCCO2)cc(C(=O)O)c(=O)n1-c1cccc(C(F)(F)F)c1. The number of carbonyl (C=O) groups excluding carboxylic acids is 2. The van der Waals surface area contributed by atoms with Crippen molar-refractivity contribution >= 4 is 27.6 Å². The first kappa shape index (κ1) is 32.0. The van der Waals surface area contributed by atoms with Gasteiger partial charge >= 0.3 is 12.1 Å². The number of aromatic nitrogens is 1. The normalized spacial score (nSPS) is 13.3. The van der Waals surface area contributed by atoms with Gasteiger partial charge in [0.25, 0.3) is 11.5 Å². The van der Waals surface area contributed by atoms with Crippen LogP contribution in [0.2, 0.25) is 0 Å². The average Bonchev–Trinajstić information content (AvgIpc) is 3.48. The van der Waals surface area contributed by atoms with Crippen molar-refractivity contribution in [3.8, 4) is 5.69 Å². The molecule has 2 amide bonds. The number of alkyl halides is 3. The molecule has 3 aromatic rings. The minimum atomic E-state index is -4.65. The molecule has 1 aliphatic heterocycles. The van der Waals surface area contributed by atoms with Gasteiger partial charge in [-0.2, -0.15) is 13.2 Å². The molecule has 0 spiro atoms. The monoisotopic (exact) mass is 609 g/mol. The van der Waals surface area contributed by atoms with Crippen molar-refractivity contribution in [2.24, 2.45) is 5.73 Å². The molecule has 0 unspecified atom stereocenters. The van der Waals surface area contributed by atoms with Crippen LogP contribution in [0.4, 0.5) is 13.2 Å². The lowest BCUT2D eigenvalue weighted by Crippen LogP contribution is -2.33. The Bertz CT molecular complexity index is 1680. The van der Waals surface area contributed by atoms with E-state index in [1.54, 1.807) is 6.92 Å². The molecular formula is C27H26F3N3O8S. The second-order valence-corrected chi connectivity index (χ2v) is 11.2. The predicted molar refractivity (Wildman–Crippen MR) is 143 cm³/mol. The summed E-state index contributed by atoms with van der Waals surface area (Å²) in [5, 5.41) is 10.4. The average molecular weight is 610 g/mol. The van der Waals surface area contributed by atoms with Crippen molar-refractivity contribution in [2.45, 2.75) is 31.3 Å². The van der Waals surface area contributed by atoms with Crippen molar-refractivity contribution in [1.82, 2.24) is 9.63 Å². The maximum absolute atomic E-state index is 13.0. The van der Waals surface area contributed by atoms with Crippen LogP contribution in [0.5, 0.6) is 0 Å². The topological polar surface area (TPSA) is 166 Å². The molecule has 1 fully saturated rings. The van der Waals surface area contributed by atoms with E-state index in [0.29, 0.717) is 18.6 Å². The van der Waals surface area contributed by atoms with Gasteiger partial charge < -0.3 is 10.8 Å². The van der Waals surface area contributed by atoms with Crippen LogP contribution in [-0.2, 0) is 20.9 Å². The maximum atomic E-state index is 13.0. The summed E-state index contributed by atoms with van der Waals surface area (Å²) in [5.41, 5.74) is 2.22. The Kier molecular flexibility index (Phi) is 9.58. The molecule has 0 radical (unpaired) electrons. The molecule has 11 nitrogen and oxygen atoms in total. The number of sulfone groups is 1. The highest BCUT2D eigenvalue weighted by molar-refractivity contribution is 7.91. The molecule has 1 saturated heterocycles. The van der Waals surface area contributed by atoms with Gasteiger partial charge in [-0.1, -0.05) is 13.0 Å². The summed E-state index contributed by atoms with van der Waals surface area (Å²) in [6, 6.07) is 10.4. The van der Waals surface area contributed by atoms with Crippen molar-refractivity contribution in [2.75, 3.05) is 18.9 Å². The number of aromatic carboxylic acids is 1. The van der Waals surface area contributed by atoms with Crippen molar-refractivity contribution in [3.63, 3.8) is 0 Å². The molecule has 15 heteroatoms. The van der Waals surface area contributed by atoms with Gasteiger partial charge in [0.15, 0.2) is 9.84 Å². The Hall–Kier alpha value is -4.50. The Labute approximate surface area is 237 Å². The van der Waals surface area contributed by atoms with E-state index in [1.165, 1.54) is 37.3 Å². The van der Waals surface area contributed by atoms with E-state index >= 15 is 0 Å². The number of amides is 2. The molecule has 1 aliphatic rings. The second-order valence-electron chi connectivity index (χ2n) is 8.94. The number of rotatable bonds is 6. The predicted octanol–water partition coefficient (Wildman–Crippen LogP) is 3.22. The van der Waals surface area contributed by atoms with Crippen molar-refractivity contribution < 1.29 is 45.9 Å². The van der Waals surface area contributed by atoms with E-state index in [1.807, 2.05) is 0 Å². The number of hydrogen-bond acceptors (Lipinski definition) is 7. The molecule has 3 N–H and O–H groups in total. The van der Waals surface area contributed by atoms with Crippen LogP contribution in [-0.4, -0.2) is 59.8 Å². The van der Waals surface area contributed by atoms with E-state index < -0.39 is 50.5 Å². The zero-order valence-electron chi connectivity index (χ0n) is 22.3. The first-order valence-corrected chi connectivity index (χ1v) is 14.0. The summed E-state index contributed by atoms with van der Waals surface area (Å²) in [6.07, 6.45) is -4.07. The third-order valence-corrected chi connectivity index (χ3v) is 7.95. The van der Waals surface area contributed by atoms with Crippen LogP contribution >= 0.6 is 0 Å². The highest BCUT2D eigenvalue weighted by atomic mass is 32.2. The Morgan fingerprint density at radius 3 is 2.19 bits per heavy atom. The molecule has 0 aliphatic carbocycles. The number of carboxylic acid groups (broad SMARTS) is 1. The Morgan fingerprint density at radius 2 is 1.69 bits per heavy atom. The Morgan fingerprint density at radius 1 is 1.05 bits per heavy atom. The summed E-state index contributed by atoms with van der Waals surface area (Å²) in [6.45, 7) is 3.52. The fourth-order valence-electron chi connectivity index (χ4n) is 3.94. The molecule has 2 aromatic carbocycles. The van der Waals surface area contributed by atoms with E-state index in [-0.39, 0.29) is 34.1 Å². The second kappa shape index (κ2) is 12.6. The standard InChI is InChI=1S/C18H15F3N2O5.C9H11NO3S/c1-10-13(15(24)22-6-3-7-28-22)9-14(17(26)27)16(25)23(10)12-5-2-4-11(8-12)18(19,20)21;1-2-14(12,13)8-5-3-7(4-6-8)9(10)11/h2,4-5,8-9H,3,6-7H2,1H3,(H,26,27);3-6H,2H2,1H3,(H2,10,11). The molecule has 0 bridgehead atoms. The van der Waals surface area contributed by atoms with E-state index in [9.17, 15) is 45.9 Å². The quantitative estimate of drug-likeness (QED) is 0.430. The first-order valence-electron chi connectivity index (χ1n) is 12.3. The lowest BCUT2D eigenvalue weighted by molar-refractivity contribution is -0.137. The van der Waals surface area contributed by atoms with Gasteiger partial charge in [-0.15, -0.1) is 0 Å². The van der Waals surface area contributed by atoms with Gasteiger partial charge in [0.2, 0.25) is 5.91 Å². The highest BCUT2D eigenvalue weighted by Gasteiger charge is 2.32. The maximum Gasteiger partial charge on any atom is 0.416 e. The molecule has 1 aromatic heterocycles. The molecular weight excluding hydrogens is 583 g/mol. The molecule has 224 valence electrons. The van der Waals surface area contributed by atoms with Crippen LogP contribution in [0, 0.1) is 6.92 Å². The van der Waals surface area contributed by atoms with Crippen molar-refractivity contribution in [1.29, 1.82) is 0 Å². The third kappa shape index (κ3) is 7.03. The molecule has 42 heavy (non-hydrogen) atoms. The number of pyridine rings is 1. The van der Waals surface area contributed by atoms with Gasteiger partial charge in [0, 0.05) is 16.9 Å². The third-order valence-electron chi connectivity index (χ3n) is 6.20. The van der Waals surface area contributed by atoms with Crippen molar-refractivity contribution in [3.05, 3.63) is 92.9 Å². The number of benzene rings is 2. The minimum absolute atomic E-state index is 0.00910. The number of primary amides is 1. The molecule has 0 saturated carbocycles. The summed E-state index contributed by atoms with van der Waals surface area (Å²) in [5.74, 6) is -2.78. The van der Waals surface area contributed by atoms with Gasteiger partial charge in [0.1, 0.15) is 5.56 Å². The van der Waals surface area contributed by atoms with E-state index in [4.69, 9.17) is 10.6 Å². The van der Waals surface area contributed by atoms with Crippen LogP contribution in [0.1, 0.15) is 55.7 Å². The van der Waals surface area contributed by atoms with E-state index in [0.717, 1.165) is 33.9 Å². The fourth-order valence-corrected chi connectivity index (χ4v) is 4.82. The number of halogens is 3. The van der Waals surface area contributed by atoms with Crippen LogP contribution in [0.3, 0.4) is 0 Å². The molecule has 2 heterocycles. The van der Waals surface area contributed by atoms with Crippen LogP contribution in [0.15, 0.2) is 64.3 Å². The van der Waals surface area contributed by atoms with Crippen LogP contribution in [0.25, 0.3) is 5.69 Å². The van der Waals surface area contributed by atoms with Gasteiger partial charge in [-0.3, -0.25) is 23.8 Å². The number of carboxylic acids is 1. The zero-order chi connectivity index (χ0) is 31.4. The van der Waals surface area contributed by atoms with Gasteiger partial charge in [-0.25, -0.2) is 18.3 Å². The zero-order valence-corrected chi connectivity index (χ0v) is 23.2. The smallest absolute Gasteiger partial charge is 0.416 e.